The fraction of sp³-hybridized carbons (Fsp3) is 0.500. The molecule has 4 nitrogen and oxygen atoms in total. The van der Waals surface area contributed by atoms with Crippen LogP contribution >= 0.6 is 23.2 Å². The molecule has 0 radical (unpaired) electrons. The molecule has 0 spiro atoms. The highest BCUT2D eigenvalue weighted by Crippen LogP contribution is 2.26. The van der Waals surface area contributed by atoms with Gasteiger partial charge in [0.15, 0.2) is 0 Å². The van der Waals surface area contributed by atoms with Crippen molar-refractivity contribution >= 4 is 29.1 Å². The van der Waals surface area contributed by atoms with Crippen molar-refractivity contribution in [1.29, 1.82) is 0 Å². The summed E-state index contributed by atoms with van der Waals surface area (Å²) in [4.78, 5) is 11.7. The summed E-state index contributed by atoms with van der Waals surface area (Å²) in [6, 6.07) is 4.92. The highest BCUT2D eigenvalue weighted by atomic mass is 35.5. The van der Waals surface area contributed by atoms with E-state index < -0.39 is 11.6 Å². The molecule has 6 heteroatoms. The van der Waals surface area contributed by atoms with E-state index >= 15 is 0 Å². The molecule has 0 heterocycles. The predicted molar refractivity (Wildman–Crippen MR) is 80.5 cm³/mol. The van der Waals surface area contributed by atoms with E-state index in [0.717, 1.165) is 0 Å². The van der Waals surface area contributed by atoms with E-state index in [2.05, 4.69) is 5.32 Å². The molecular weight excluding hydrogens is 301 g/mol. The monoisotopic (exact) mass is 319 g/mol. The van der Waals surface area contributed by atoms with Crippen molar-refractivity contribution in [2.24, 2.45) is 0 Å². The van der Waals surface area contributed by atoms with Crippen molar-refractivity contribution < 1.29 is 14.6 Å². The van der Waals surface area contributed by atoms with E-state index in [0.29, 0.717) is 15.8 Å². The second kappa shape index (κ2) is 7.16. The molecule has 20 heavy (non-hydrogen) atoms. The molecule has 112 valence electrons. The summed E-state index contributed by atoms with van der Waals surface area (Å²) in [6.45, 7) is 5.37. The van der Waals surface area contributed by atoms with Gasteiger partial charge in [-0.05, 0) is 32.9 Å². The first-order chi connectivity index (χ1) is 9.22. The van der Waals surface area contributed by atoms with Crippen molar-refractivity contribution in [2.45, 2.75) is 38.8 Å². The van der Waals surface area contributed by atoms with Crippen LogP contribution in [-0.4, -0.2) is 29.3 Å². The number of carbonyl (C=O) groups is 1. The second-order valence-electron chi connectivity index (χ2n) is 5.12. The lowest BCUT2D eigenvalue weighted by Gasteiger charge is -2.29. The van der Waals surface area contributed by atoms with E-state index in [1.807, 2.05) is 0 Å². The minimum absolute atomic E-state index is 0.184. The molecule has 0 aliphatic rings. The van der Waals surface area contributed by atoms with Gasteiger partial charge < -0.3 is 15.2 Å². The van der Waals surface area contributed by atoms with Crippen molar-refractivity contribution in [3.8, 4) is 5.75 Å². The zero-order valence-corrected chi connectivity index (χ0v) is 13.3. The average molecular weight is 320 g/mol. The Labute approximate surface area is 129 Å². The number of carbonyl (C=O) groups excluding carboxylic acids is 1. The first-order valence-corrected chi connectivity index (χ1v) is 7.05. The number of hydrogen-bond donors (Lipinski definition) is 2. The van der Waals surface area contributed by atoms with Crippen LogP contribution in [0.15, 0.2) is 18.2 Å². The molecule has 0 aliphatic heterocycles. The maximum absolute atomic E-state index is 11.7. The van der Waals surface area contributed by atoms with Gasteiger partial charge >= 0.3 is 0 Å². The Morgan fingerprint density at radius 3 is 2.60 bits per heavy atom. The molecule has 1 unspecified atom stereocenters. The van der Waals surface area contributed by atoms with E-state index in [9.17, 15) is 9.90 Å². The van der Waals surface area contributed by atoms with Gasteiger partial charge in [0.05, 0.1) is 34.7 Å². The summed E-state index contributed by atoms with van der Waals surface area (Å²) in [5, 5.41) is 13.1. The Bertz CT molecular complexity index is 475. The summed E-state index contributed by atoms with van der Waals surface area (Å²) in [5.41, 5.74) is -0.666. The highest BCUT2D eigenvalue weighted by molar-refractivity contribution is 6.42. The smallest absolute Gasteiger partial charge is 0.223 e. The molecule has 1 atom stereocenters. The number of ether oxygens (including phenoxy) is 1. The maximum atomic E-state index is 11.7. The van der Waals surface area contributed by atoms with Gasteiger partial charge in [-0.3, -0.25) is 4.79 Å². The van der Waals surface area contributed by atoms with Crippen LogP contribution in [0.1, 0.15) is 27.2 Å². The molecule has 0 aliphatic carbocycles. The first kappa shape index (κ1) is 17.1. The van der Waals surface area contributed by atoms with Crippen LogP contribution in [0, 0.1) is 0 Å². The van der Waals surface area contributed by atoms with Gasteiger partial charge in [-0.2, -0.15) is 0 Å². The Balaban J connectivity index is 2.40. The molecule has 1 rings (SSSR count). The van der Waals surface area contributed by atoms with Gasteiger partial charge in [0.25, 0.3) is 0 Å². The average Bonchev–Trinajstić information content (AvgIpc) is 2.33. The summed E-state index contributed by atoms with van der Waals surface area (Å²) in [5.74, 6) is 0.373. The van der Waals surface area contributed by atoms with Gasteiger partial charge in [-0.1, -0.05) is 23.2 Å². The largest absolute Gasteiger partial charge is 0.493 e. The third-order valence-corrected chi connectivity index (χ3v) is 3.73. The number of halogens is 2. The van der Waals surface area contributed by atoms with Crippen molar-refractivity contribution in [1.82, 2.24) is 5.32 Å². The molecular formula is C14H19Cl2NO3. The zero-order chi connectivity index (χ0) is 15.3. The van der Waals surface area contributed by atoms with Crippen LogP contribution in [-0.2, 0) is 4.79 Å². The maximum Gasteiger partial charge on any atom is 0.223 e. The lowest BCUT2D eigenvalue weighted by Crippen LogP contribution is -2.51. The number of benzene rings is 1. The molecule has 0 saturated carbocycles. The van der Waals surface area contributed by atoms with Gasteiger partial charge in [0.2, 0.25) is 5.91 Å². The second-order valence-corrected chi connectivity index (χ2v) is 5.93. The van der Waals surface area contributed by atoms with E-state index in [1.54, 1.807) is 39.0 Å². The molecule has 0 aromatic heterocycles. The Hall–Kier alpha value is -0.970. The number of rotatable bonds is 6. The van der Waals surface area contributed by atoms with Gasteiger partial charge in [-0.25, -0.2) is 0 Å². The Morgan fingerprint density at radius 2 is 2.05 bits per heavy atom. The van der Waals surface area contributed by atoms with Crippen molar-refractivity contribution in [3.05, 3.63) is 28.2 Å². The number of aliphatic hydroxyl groups excluding tert-OH is 1. The number of aliphatic hydroxyl groups is 1. The van der Waals surface area contributed by atoms with Crippen LogP contribution in [0.2, 0.25) is 10.0 Å². The molecule has 0 bridgehead atoms. The Morgan fingerprint density at radius 1 is 1.40 bits per heavy atom. The molecule has 0 fully saturated rings. The third kappa shape index (κ3) is 5.19. The summed E-state index contributed by atoms with van der Waals surface area (Å²) in [6.07, 6.45) is -0.446. The van der Waals surface area contributed by atoms with Crippen LogP contribution in [0.4, 0.5) is 0 Å². The van der Waals surface area contributed by atoms with Crippen LogP contribution in [0.5, 0.6) is 5.75 Å². The van der Waals surface area contributed by atoms with Gasteiger partial charge in [-0.15, -0.1) is 0 Å². The predicted octanol–water partition coefficient (Wildman–Crippen LogP) is 3.04. The number of amides is 1. The number of nitrogens with one attached hydrogen (secondary N) is 1. The number of hydrogen-bond acceptors (Lipinski definition) is 3. The molecule has 1 aromatic carbocycles. The topological polar surface area (TPSA) is 58.6 Å². The van der Waals surface area contributed by atoms with Crippen molar-refractivity contribution in [2.75, 3.05) is 6.61 Å². The fourth-order valence-electron chi connectivity index (χ4n) is 1.35. The van der Waals surface area contributed by atoms with E-state index in [1.165, 1.54) is 0 Å². The Kier molecular flexibility index (Phi) is 6.11. The molecule has 2 N–H and O–H groups in total. The minimum Gasteiger partial charge on any atom is -0.493 e. The fourth-order valence-corrected chi connectivity index (χ4v) is 1.64. The lowest BCUT2D eigenvalue weighted by molar-refractivity contribution is -0.124. The lowest BCUT2D eigenvalue weighted by atomic mass is 9.99. The summed E-state index contributed by atoms with van der Waals surface area (Å²) < 4.78 is 5.42. The van der Waals surface area contributed by atoms with E-state index in [4.69, 9.17) is 27.9 Å². The summed E-state index contributed by atoms with van der Waals surface area (Å²) >= 11 is 11.7. The van der Waals surface area contributed by atoms with Gasteiger partial charge in [0, 0.05) is 6.07 Å². The minimum atomic E-state index is -0.666. The van der Waals surface area contributed by atoms with Crippen LogP contribution in [0.3, 0.4) is 0 Å². The first-order valence-electron chi connectivity index (χ1n) is 6.29. The van der Waals surface area contributed by atoms with E-state index in [-0.39, 0.29) is 18.9 Å². The highest BCUT2D eigenvalue weighted by Gasteiger charge is 2.25. The normalized spacial score (nSPS) is 12.9. The SMILES string of the molecule is CC(O)C(C)(C)NC(=O)CCOc1ccc(Cl)c(Cl)c1. The molecule has 0 saturated heterocycles. The van der Waals surface area contributed by atoms with Gasteiger partial charge in [0.1, 0.15) is 5.75 Å². The van der Waals surface area contributed by atoms with Crippen molar-refractivity contribution in [3.63, 3.8) is 0 Å². The van der Waals surface area contributed by atoms with Crippen LogP contribution in [0.25, 0.3) is 0 Å². The standard InChI is InChI=1S/C14H19Cl2NO3/c1-9(18)14(2,3)17-13(19)6-7-20-10-4-5-11(15)12(16)8-10/h4-5,8-9,18H,6-7H2,1-3H3,(H,17,19). The molecule has 1 amide bonds. The third-order valence-electron chi connectivity index (χ3n) is 2.99. The summed E-state index contributed by atoms with van der Waals surface area (Å²) in [7, 11) is 0. The van der Waals surface area contributed by atoms with Crippen LogP contribution < -0.4 is 10.1 Å². The quantitative estimate of drug-likeness (QED) is 0.847. The zero-order valence-electron chi connectivity index (χ0n) is 11.7. The molecule has 1 aromatic rings.